The van der Waals surface area contributed by atoms with Gasteiger partial charge in [0.15, 0.2) is 0 Å². The minimum absolute atomic E-state index is 0. The number of hydrogen-bond donors (Lipinski definition) is 0. The van der Waals surface area contributed by atoms with Crippen molar-refractivity contribution in [1.29, 1.82) is 0 Å². The number of pyridine rings is 1. The monoisotopic (exact) mass is 706 g/mol. The fraction of sp³-hybridized carbons (Fsp3) is 0.432. The summed E-state index contributed by atoms with van der Waals surface area (Å²) in [6.45, 7) is 26.8. The third kappa shape index (κ3) is 2.73. The molecule has 0 amide bonds. The average Bonchev–Trinajstić information content (AvgIpc) is 3.34. The van der Waals surface area contributed by atoms with Gasteiger partial charge in [-0.1, -0.05) is 97.5 Å². The number of rotatable bonds is 1. The van der Waals surface area contributed by atoms with Gasteiger partial charge in [0.2, 0.25) is 0 Å². The first-order valence-electron chi connectivity index (χ1n) is 14.5. The van der Waals surface area contributed by atoms with Crippen LogP contribution in [0.2, 0.25) is 0 Å². The van der Waals surface area contributed by atoms with Gasteiger partial charge in [-0.15, -0.1) is 23.6 Å². The van der Waals surface area contributed by atoms with E-state index >= 15 is 0 Å². The van der Waals surface area contributed by atoms with E-state index in [1.165, 1.54) is 44.3 Å². The van der Waals surface area contributed by atoms with E-state index in [0.717, 1.165) is 16.6 Å². The van der Waals surface area contributed by atoms with Gasteiger partial charge in [-0.3, -0.25) is 4.98 Å². The van der Waals surface area contributed by atoms with E-state index in [1.807, 2.05) is 0 Å². The molecule has 0 saturated heterocycles. The Hall–Kier alpha value is -2.48. The van der Waals surface area contributed by atoms with E-state index in [2.05, 4.69) is 135 Å². The first kappa shape index (κ1) is 27.7. The van der Waals surface area contributed by atoms with Crippen molar-refractivity contribution in [3.8, 4) is 11.1 Å². The van der Waals surface area contributed by atoms with Crippen molar-refractivity contribution in [2.75, 3.05) is 0 Å². The molecule has 2 aromatic heterocycles. The smallest absolute Gasteiger partial charge is 0.0780 e. The van der Waals surface area contributed by atoms with E-state index in [1.54, 1.807) is 5.56 Å². The molecule has 2 aliphatic rings. The zero-order valence-electron chi connectivity index (χ0n) is 25.8. The van der Waals surface area contributed by atoms with E-state index in [-0.39, 0.29) is 47.2 Å². The van der Waals surface area contributed by atoms with Gasteiger partial charge in [0.1, 0.15) is 0 Å². The maximum Gasteiger partial charge on any atom is 0.0780 e. The molecule has 0 aliphatic heterocycles. The maximum absolute atomic E-state index is 5.41. The molecule has 2 heterocycles. The molecular weight excluding hydrogens is 665 g/mol. The van der Waals surface area contributed by atoms with Crippen LogP contribution in [-0.4, -0.2) is 9.38 Å². The maximum atomic E-state index is 5.41. The van der Waals surface area contributed by atoms with Gasteiger partial charge in [-0.2, -0.15) is 0 Å². The molecule has 209 valence electrons. The molecule has 3 heteroatoms. The predicted octanol–water partition coefficient (Wildman–Crippen LogP) is 9.61. The Bertz CT molecular complexity index is 1880. The molecule has 5 aromatic rings. The first-order valence-corrected chi connectivity index (χ1v) is 14.5. The summed E-state index contributed by atoms with van der Waals surface area (Å²) in [5.41, 5.74) is 13.4. The third-order valence-corrected chi connectivity index (χ3v) is 12.8. The molecule has 0 fully saturated rings. The van der Waals surface area contributed by atoms with Gasteiger partial charge in [0.25, 0.3) is 0 Å². The summed E-state index contributed by atoms with van der Waals surface area (Å²) in [7, 11) is 0. The van der Waals surface area contributed by atoms with Crippen LogP contribution in [0.3, 0.4) is 0 Å². The third-order valence-electron chi connectivity index (χ3n) is 12.8. The molecule has 0 saturated carbocycles. The number of hydrogen-bond acceptors (Lipinski definition) is 1. The molecule has 2 aliphatic carbocycles. The molecule has 2 nitrogen and oxygen atoms in total. The van der Waals surface area contributed by atoms with Crippen LogP contribution in [0.15, 0.2) is 48.7 Å². The SMILES string of the molecule is Cc1cccc(C)c1-c1cc[c-]c2c1ccn1c2nc2cc3c4c(c21)C(C)(C)C(C)(C)C4(C)C(C)(C)C3(C)C.[Ir]. The van der Waals surface area contributed by atoms with Gasteiger partial charge >= 0.3 is 0 Å². The van der Waals surface area contributed by atoms with E-state index in [0.29, 0.717) is 0 Å². The summed E-state index contributed by atoms with van der Waals surface area (Å²) in [6, 6.07) is 19.2. The van der Waals surface area contributed by atoms with E-state index < -0.39 is 0 Å². The number of benzene rings is 3. The molecule has 0 spiro atoms. The fourth-order valence-electron chi connectivity index (χ4n) is 8.98. The molecule has 40 heavy (non-hydrogen) atoms. The van der Waals surface area contributed by atoms with Crippen LogP contribution in [0.4, 0.5) is 0 Å². The normalized spacial score (nSPS) is 23.1. The molecule has 0 bridgehead atoms. The van der Waals surface area contributed by atoms with Crippen molar-refractivity contribution < 1.29 is 20.1 Å². The Balaban J connectivity index is 0.00000289. The Labute approximate surface area is 252 Å². The van der Waals surface area contributed by atoms with Crippen LogP contribution in [0.25, 0.3) is 38.6 Å². The zero-order chi connectivity index (χ0) is 28.1. The number of aryl methyl sites for hydroxylation is 2. The summed E-state index contributed by atoms with van der Waals surface area (Å²) in [5.74, 6) is 0. The van der Waals surface area contributed by atoms with E-state index in [9.17, 15) is 0 Å². The number of nitrogens with zero attached hydrogens (tertiary/aromatic N) is 2. The van der Waals surface area contributed by atoms with Crippen molar-refractivity contribution in [2.45, 2.75) is 92.4 Å². The fourth-order valence-corrected chi connectivity index (χ4v) is 8.98. The Kier molecular flexibility index (Phi) is 5.44. The standard InChI is InChI=1S/C37H41N2.Ir/c1-21-14-12-15-22(2)28(21)24-16-13-17-25-23(24)18-19-39-31-27(38-32(25)39)20-26-29-30(31)34(5,6)36(9,10)37(29,11)35(7,8)33(26,3)4;/h12-16,18-20H,1-11H3;/q-1;. The van der Waals surface area contributed by atoms with Gasteiger partial charge in [-0.25, -0.2) is 0 Å². The minimum atomic E-state index is -0.0200. The minimum Gasteiger partial charge on any atom is -0.340 e. The van der Waals surface area contributed by atoms with Crippen molar-refractivity contribution >= 4 is 27.5 Å². The summed E-state index contributed by atoms with van der Waals surface area (Å²) in [4.78, 5) is 5.41. The van der Waals surface area contributed by atoms with Crippen LogP contribution in [-0.2, 0) is 36.4 Å². The largest absolute Gasteiger partial charge is 0.340 e. The second-order valence-electron chi connectivity index (χ2n) is 14.7. The second-order valence-corrected chi connectivity index (χ2v) is 14.7. The van der Waals surface area contributed by atoms with Crippen molar-refractivity contribution in [2.24, 2.45) is 10.8 Å². The summed E-state index contributed by atoms with van der Waals surface area (Å²) >= 11 is 0. The van der Waals surface area contributed by atoms with Crippen LogP contribution < -0.4 is 0 Å². The Morgan fingerprint density at radius 2 is 1.40 bits per heavy atom. The molecule has 1 radical (unpaired) electrons. The van der Waals surface area contributed by atoms with E-state index in [4.69, 9.17) is 4.98 Å². The Morgan fingerprint density at radius 1 is 0.775 bits per heavy atom. The van der Waals surface area contributed by atoms with Gasteiger partial charge in [-0.05, 0) is 81.2 Å². The summed E-state index contributed by atoms with van der Waals surface area (Å²) < 4.78 is 2.38. The van der Waals surface area contributed by atoms with Crippen LogP contribution in [0.5, 0.6) is 0 Å². The van der Waals surface area contributed by atoms with Gasteiger partial charge < -0.3 is 4.40 Å². The molecule has 1 atom stereocenters. The molecule has 1 unspecified atom stereocenters. The van der Waals surface area contributed by atoms with Crippen LogP contribution in [0.1, 0.15) is 90.1 Å². The summed E-state index contributed by atoms with van der Waals surface area (Å²) in [6.07, 6.45) is 2.27. The van der Waals surface area contributed by atoms with Gasteiger partial charge in [0, 0.05) is 25.5 Å². The van der Waals surface area contributed by atoms with Gasteiger partial charge in [0.05, 0.1) is 16.7 Å². The number of imidazole rings is 1. The molecule has 7 rings (SSSR count). The quantitative estimate of drug-likeness (QED) is 0.159. The second kappa shape index (κ2) is 7.87. The van der Waals surface area contributed by atoms with Crippen LogP contribution >= 0.6 is 0 Å². The Morgan fingerprint density at radius 3 is 2.05 bits per heavy atom. The number of fused-ring (bicyclic) bond motifs is 6. The first-order chi connectivity index (χ1) is 18.1. The molecule has 0 N–H and O–H groups in total. The average molecular weight is 706 g/mol. The molecular formula is C37H41IrN2-. The predicted molar refractivity (Wildman–Crippen MR) is 165 cm³/mol. The summed E-state index contributed by atoms with van der Waals surface area (Å²) in [5, 5.41) is 2.31. The topological polar surface area (TPSA) is 17.3 Å². The number of aromatic nitrogens is 2. The zero-order valence-corrected chi connectivity index (χ0v) is 28.2. The van der Waals surface area contributed by atoms with Crippen molar-refractivity contribution in [3.05, 3.63) is 82.5 Å². The van der Waals surface area contributed by atoms with Crippen LogP contribution in [0, 0.1) is 30.7 Å². The van der Waals surface area contributed by atoms with Crippen molar-refractivity contribution in [3.63, 3.8) is 0 Å². The molecule has 3 aromatic carbocycles. The van der Waals surface area contributed by atoms with Crippen molar-refractivity contribution in [1.82, 2.24) is 9.38 Å².